The largest absolute Gasteiger partial charge is 0.380 e. The number of hydrogen-bond donors (Lipinski definition) is 0. The van der Waals surface area contributed by atoms with Gasteiger partial charge in [0.1, 0.15) is 0 Å². The second kappa shape index (κ2) is 8.73. The molecule has 0 spiro atoms. The van der Waals surface area contributed by atoms with Gasteiger partial charge in [-0.15, -0.1) is 0 Å². The standard InChI is InChI=1S/C21H31ClN2O2/c1-23(2)19-11-16-13-24(14-17(16)12-20(19)26-3)21(25)6-4-5-15-7-9-18(22)10-8-15/h7-10,16-17,19-20H,4-6,11-14H2,1-3H3/t16-,17+,19-,20-/m1/s1. The van der Waals surface area contributed by atoms with Crippen molar-refractivity contribution < 1.29 is 9.53 Å². The van der Waals surface area contributed by atoms with E-state index in [0.717, 1.165) is 43.8 Å². The molecule has 1 aliphatic heterocycles. The van der Waals surface area contributed by atoms with Crippen molar-refractivity contribution in [2.75, 3.05) is 34.3 Å². The zero-order valence-corrected chi connectivity index (χ0v) is 16.9. The van der Waals surface area contributed by atoms with E-state index in [9.17, 15) is 4.79 Å². The van der Waals surface area contributed by atoms with Crippen LogP contribution in [0.3, 0.4) is 0 Å². The summed E-state index contributed by atoms with van der Waals surface area (Å²) in [4.78, 5) is 17.0. The van der Waals surface area contributed by atoms with Crippen molar-refractivity contribution in [3.8, 4) is 0 Å². The van der Waals surface area contributed by atoms with Crippen LogP contribution in [0.1, 0.15) is 31.2 Å². The molecule has 0 bridgehead atoms. The molecule has 3 rings (SSSR count). The number of nitrogens with zero attached hydrogens (tertiary/aromatic N) is 2. The molecule has 2 aliphatic rings. The highest BCUT2D eigenvalue weighted by molar-refractivity contribution is 6.30. The Morgan fingerprint density at radius 3 is 2.46 bits per heavy atom. The third kappa shape index (κ3) is 4.59. The molecule has 26 heavy (non-hydrogen) atoms. The molecule has 5 heteroatoms. The topological polar surface area (TPSA) is 32.8 Å². The molecule has 0 radical (unpaired) electrons. The Balaban J connectivity index is 1.48. The number of amides is 1. The monoisotopic (exact) mass is 378 g/mol. The Kier molecular flexibility index (Phi) is 6.60. The molecule has 0 N–H and O–H groups in total. The lowest BCUT2D eigenvalue weighted by atomic mass is 9.77. The Morgan fingerprint density at radius 2 is 1.85 bits per heavy atom. The fourth-order valence-corrected chi connectivity index (χ4v) is 4.77. The molecule has 2 fully saturated rings. The van der Waals surface area contributed by atoms with Crippen molar-refractivity contribution in [1.82, 2.24) is 9.80 Å². The van der Waals surface area contributed by atoms with Crippen LogP contribution in [-0.2, 0) is 16.0 Å². The number of rotatable bonds is 6. The van der Waals surface area contributed by atoms with Crippen LogP contribution in [-0.4, -0.2) is 62.1 Å². The summed E-state index contributed by atoms with van der Waals surface area (Å²) in [6, 6.07) is 8.38. The number of benzene rings is 1. The Hall–Kier alpha value is -1.10. The van der Waals surface area contributed by atoms with Gasteiger partial charge >= 0.3 is 0 Å². The smallest absolute Gasteiger partial charge is 0.222 e. The van der Waals surface area contributed by atoms with Crippen LogP contribution in [0.4, 0.5) is 0 Å². The molecule has 4 atom stereocenters. The summed E-state index contributed by atoms with van der Waals surface area (Å²) in [5, 5.41) is 0.759. The highest BCUT2D eigenvalue weighted by atomic mass is 35.5. The van der Waals surface area contributed by atoms with Gasteiger partial charge in [-0.2, -0.15) is 0 Å². The van der Waals surface area contributed by atoms with Gasteiger partial charge in [-0.1, -0.05) is 23.7 Å². The van der Waals surface area contributed by atoms with Gasteiger partial charge in [-0.05, 0) is 69.3 Å². The van der Waals surface area contributed by atoms with E-state index in [1.807, 2.05) is 31.4 Å². The van der Waals surface area contributed by atoms with E-state index in [1.54, 1.807) is 0 Å². The summed E-state index contributed by atoms with van der Waals surface area (Å²) < 4.78 is 5.74. The number of hydrogen-bond acceptors (Lipinski definition) is 3. The Morgan fingerprint density at radius 1 is 1.19 bits per heavy atom. The van der Waals surface area contributed by atoms with Crippen molar-refractivity contribution in [3.05, 3.63) is 34.9 Å². The number of carbonyl (C=O) groups is 1. The Labute approximate surface area is 162 Å². The first-order chi connectivity index (χ1) is 12.5. The summed E-state index contributed by atoms with van der Waals surface area (Å²) in [5.41, 5.74) is 1.24. The SMILES string of the molecule is CO[C@@H]1C[C@H]2CN(C(=O)CCCc3ccc(Cl)cc3)C[C@H]2C[C@H]1N(C)C. The van der Waals surface area contributed by atoms with Gasteiger partial charge in [0, 0.05) is 37.7 Å². The molecule has 1 amide bonds. The highest BCUT2D eigenvalue weighted by Crippen LogP contribution is 2.39. The molecular weight excluding hydrogens is 348 g/mol. The number of ether oxygens (including phenoxy) is 1. The molecule has 0 unspecified atom stereocenters. The van der Waals surface area contributed by atoms with Crippen LogP contribution >= 0.6 is 11.6 Å². The summed E-state index contributed by atoms with van der Waals surface area (Å²) in [5.74, 6) is 1.52. The van der Waals surface area contributed by atoms with Crippen LogP contribution in [0.2, 0.25) is 5.02 Å². The van der Waals surface area contributed by atoms with Crippen LogP contribution in [0, 0.1) is 11.8 Å². The molecule has 1 heterocycles. The van der Waals surface area contributed by atoms with Crippen molar-refractivity contribution in [1.29, 1.82) is 0 Å². The van der Waals surface area contributed by atoms with Crippen molar-refractivity contribution in [2.24, 2.45) is 11.8 Å². The lowest BCUT2D eigenvalue weighted by Gasteiger charge is -2.40. The number of aryl methyl sites for hydroxylation is 1. The van der Waals surface area contributed by atoms with E-state index in [4.69, 9.17) is 16.3 Å². The van der Waals surface area contributed by atoms with Crippen molar-refractivity contribution in [3.63, 3.8) is 0 Å². The van der Waals surface area contributed by atoms with Crippen molar-refractivity contribution in [2.45, 2.75) is 44.2 Å². The molecule has 1 saturated carbocycles. The normalized spacial score (nSPS) is 28.4. The third-order valence-electron chi connectivity index (χ3n) is 6.17. The lowest BCUT2D eigenvalue weighted by Crippen LogP contribution is -2.47. The predicted octanol–water partition coefficient (Wildman–Crippen LogP) is 3.48. The average Bonchev–Trinajstić information content (AvgIpc) is 3.05. The van der Waals surface area contributed by atoms with Gasteiger partial charge in [-0.3, -0.25) is 4.79 Å². The van der Waals surface area contributed by atoms with E-state index < -0.39 is 0 Å². The van der Waals surface area contributed by atoms with E-state index in [1.165, 1.54) is 5.56 Å². The van der Waals surface area contributed by atoms with Gasteiger partial charge in [0.2, 0.25) is 5.91 Å². The summed E-state index contributed by atoms with van der Waals surface area (Å²) in [7, 11) is 6.08. The summed E-state index contributed by atoms with van der Waals surface area (Å²) >= 11 is 5.92. The maximum atomic E-state index is 12.7. The van der Waals surface area contributed by atoms with Gasteiger partial charge in [0.05, 0.1) is 6.10 Å². The minimum atomic E-state index is 0.284. The zero-order valence-electron chi connectivity index (χ0n) is 16.2. The first-order valence-corrected chi connectivity index (χ1v) is 10.1. The molecule has 144 valence electrons. The van der Waals surface area contributed by atoms with Gasteiger partial charge < -0.3 is 14.5 Å². The molecular formula is C21H31ClN2O2. The zero-order chi connectivity index (χ0) is 18.7. The quantitative estimate of drug-likeness (QED) is 0.759. The molecule has 1 aliphatic carbocycles. The number of likely N-dealkylation sites (N-methyl/N-ethyl adjacent to an activating group) is 1. The molecule has 1 aromatic carbocycles. The third-order valence-corrected chi connectivity index (χ3v) is 6.42. The fourth-order valence-electron chi connectivity index (χ4n) is 4.64. The number of likely N-dealkylation sites (tertiary alicyclic amines) is 1. The summed E-state index contributed by atoms with van der Waals surface area (Å²) in [6.07, 6.45) is 4.94. The first kappa shape index (κ1) is 19.7. The van der Waals surface area contributed by atoms with E-state index in [0.29, 0.717) is 30.2 Å². The highest BCUT2D eigenvalue weighted by Gasteiger charge is 2.43. The second-order valence-corrected chi connectivity index (χ2v) is 8.51. The van der Waals surface area contributed by atoms with Gasteiger partial charge in [0.15, 0.2) is 0 Å². The summed E-state index contributed by atoms with van der Waals surface area (Å²) in [6.45, 7) is 1.83. The van der Waals surface area contributed by atoms with E-state index in [2.05, 4.69) is 23.9 Å². The average molecular weight is 379 g/mol. The number of methoxy groups -OCH3 is 1. The maximum absolute atomic E-state index is 12.7. The van der Waals surface area contributed by atoms with Gasteiger partial charge in [-0.25, -0.2) is 0 Å². The Bertz CT molecular complexity index is 605. The second-order valence-electron chi connectivity index (χ2n) is 8.08. The van der Waals surface area contributed by atoms with E-state index >= 15 is 0 Å². The molecule has 1 saturated heterocycles. The molecule has 4 nitrogen and oxygen atoms in total. The number of carbonyl (C=O) groups excluding carboxylic acids is 1. The van der Waals surface area contributed by atoms with Crippen LogP contribution < -0.4 is 0 Å². The maximum Gasteiger partial charge on any atom is 0.222 e. The minimum absolute atomic E-state index is 0.284. The van der Waals surface area contributed by atoms with Gasteiger partial charge in [0.25, 0.3) is 0 Å². The van der Waals surface area contributed by atoms with Crippen LogP contribution in [0.15, 0.2) is 24.3 Å². The number of halogens is 1. The van der Waals surface area contributed by atoms with Crippen molar-refractivity contribution >= 4 is 17.5 Å². The number of fused-ring (bicyclic) bond motifs is 1. The molecule has 1 aromatic rings. The van der Waals surface area contributed by atoms with E-state index in [-0.39, 0.29) is 6.10 Å². The van der Waals surface area contributed by atoms with Crippen LogP contribution in [0.25, 0.3) is 0 Å². The minimum Gasteiger partial charge on any atom is -0.380 e. The molecule has 0 aromatic heterocycles. The lowest BCUT2D eigenvalue weighted by molar-refractivity contribution is -0.130. The fraction of sp³-hybridized carbons (Fsp3) is 0.667. The predicted molar refractivity (Wildman–Crippen MR) is 105 cm³/mol. The first-order valence-electron chi connectivity index (χ1n) is 9.69. The van der Waals surface area contributed by atoms with Crippen LogP contribution in [0.5, 0.6) is 0 Å².